The van der Waals surface area contributed by atoms with Gasteiger partial charge in [0.2, 0.25) is 0 Å². The maximum atomic E-state index is 11.8. The summed E-state index contributed by atoms with van der Waals surface area (Å²) in [6.45, 7) is 5.23. The maximum Gasteiger partial charge on any atom is 0.258 e. The fraction of sp³-hybridized carbons (Fsp3) is 0.533. The smallest absolute Gasteiger partial charge is 0.258 e. The number of amides is 1. The van der Waals surface area contributed by atoms with E-state index in [4.69, 9.17) is 4.74 Å². The van der Waals surface area contributed by atoms with Crippen molar-refractivity contribution in [2.24, 2.45) is 0 Å². The third kappa shape index (κ3) is 5.02. The molecule has 1 aromatic rings. The Labute approximate surface area is 126 Å². The van der Waals surface area contributed by atoms with E-state index in [-0.39, 0.29) is 31.0 Å². The van der Waals surface area contributed by atoms with Crippen LogP contribution >= 0.6 is 12.4 Å². The summed E-state index contributed by atoms with van der Waals surface area (Å²) in [5.41, 5.74) is 1.18. The van der Waals surface area contributed by atoms with Gasteiger partial charge in [0.25, 0.3) is 5.91 Å². The molecule has 1 aromatic carbocycles. The number of ether oxygens (including phenoxy) is 1. The molecule has 2 atom stereocenters. The lowest BCUT2D eigenvalue weighted by Gasteiger charge is -2.30. The molecule has 0 radical (unpaired) electrons. The van der Waals surface area contributed by atoms with Crippen LogP contribution < -0.4 is 15.4 Å². The van der Waals surface area contributed by atoms with Crippen molar-refractivity contribution in [1.82, 2.24) is 10.6 Å². The van der Waals surface area contributed by atoms with Crippen LogP contribution in [0.5, 0.6) is 5.75 Å². The molecule has 0 spiro atoms. The molecule has 1 fully saturated rings. The van der Waals surface area contributed by atoms with Crippen LogP contribution in [0.3, 0.4) is 0 Å². The van der Waals surface area contributed by atoms with Gasteiger partial charge < -0.3 is 15.4 Å². The molecule has 112 valence electrons. The zero-order chi connectivity index (χ0) is 13.7. The highest BCUT2D eigenvalue weighted by molar-refractivity contribution is 5.85. The lowest BCUT2D eigenvalue weighted by molar-refractivity contribution is -0.124. The van der Waals surface area contributed by atoms with Crippen LogP contribution in [-0.2, 0) is 4.79 Å². The molecule has 1 heterocycles. The molecule has 0 aromatic heterocycles. The number of aryl methyl sites for hydroxylation is 1. The lowest BCUT2D eigenvalue weighted by atomic mass is 10.00. The molecule has 0 aliphatic carbocycles. The van der Waals surface area contributed by atoms with Crippen LogP contribution in [0.1, 0.15) is 25.3 Å². The van der Waals surface area contributed by atoms with Crippen LogP contribution in [0.4, 0.5) is 0 Å². The standard InChI is InChI=1S/C15H22N2O2.ClH/c1-11-5-7-13(8-6-11)19-10-15(18)17-14-4-3-9-16-12(14)2;/h5-8,12,14,16H,3-4,9-10H2,1-2H3,(H,17,18);1H. The van der Waals surface area contributed by atoms with Crippen molar-refractivity contribution in [2.75, 3.05) is 13.2 Å². The molecule has 5 heteroatoms. The Kier molecular flexibility index (Phi) is 6.82. The van der Waals surface area contributed by atoms with E-state index in [9.17, 15) is 4.79 Å². The van der Waals surface area contributed by atoms with Gasteiger partial charge in [-0.2, -0.15) is 0 Å². The molecule has 2 N–H and O–H groups in total. The molecule has 2 unspecified atom stereocenters. The highest BCUT2D eigenvalue weighted by Crippen LogP contribution is 2.11. The van der Waals surface area contributed by atoms with Crippen molar-refractivity contribution >= 4 is 18.3 Å². The first-order chi connectivity index (χ1) is 9.15. The van der Waals surface area contributed by atoms with Gasteiger partial charge in [-0.05, 0) is 45.4 Å². The van der Waals surface area contributed by atoms with E-state index in [1.165, 1.54) is 5.56 Å². The third-order valence-corrected chi connectivity index (χ3v) is 3.50. The van der Waals surface area contributed by atoms with E-state index >= 15 is 0 Å². The van der Waals surface area contributed by atoms with Crippen LogP contribution in [-0.4, -0.2) is 31.1 Å². The normalized spacial score (nSPS) is 21.7. The minimum Gasteiger partial charge on any atom is -0.484 e. The average Bonchev–Trinajstić information content (AvgIpc) is 2.41. The van der Waals surface area contributed by atoms with E-state index in [1.54, 1.807) is 0 Å². The fourth-order valence-corrected chi connectivity index (χ4v) is 2.27. The van der Waals surface area contributed by atoms with Crippen LogP contribution in [0, 0.1) is 6.92 Å². The van der Waals surface area contributed by atoms with Gasteiger partial charge >= 0.3 is 0 Å². The van der Waals surface area contributed by atoms with E-state index in [0.717, 1.165) is 25.1 Å². The predicted octanol–water partition coefficient (Wildman–Crippen LogP) is 2.05. The summed E-state index contributed by atoms with van der Waals surface area (Å²) in [5.74, 6) is 0.677. The summed E-state index contributed by atoms with van der Waals surface area (Å²) < 4.78 is 5.47. The molecule has 1 aliphatic rings. The zero-order valence-corrected chi connectivity index (χ0v) is 12.8. The Morgan fingerprint density at radius 1 is 1.40 bits per heavy atom. The molecular formula is C15H23ClN2O2. The summed E-state index contributed by atoms with van der Waals surface area (Å²) in [6.07, 6.45) is 2.14. The SMILES string of the molecule is Cc1ccc(OCC(=O)NC2CCCNC2C)cc1.Cl. The number of rotatable bonds is 4. The molecule has 2 rings (SSSR count). The van der Waals surface area contributed by atoms with Crippen molar-refractivity contribution in [2.45, 2.75) is 38.8 Å². The molecule has 1 aliphatic heterocycles. The molecule has 1 amide bonds. The number of hydrogen-bond acceptors (Lipinski definition) is 3. The zero-order valence-electron chi connectivity index (χ0n) is 12.0. The predicted molar refractivity (Wildman–Crippen MR) is 82.6 cm³/mol. The second-order valence-corrected chi connectivity index (χ2v) is 5.16. The first-order valence-corrected chi connectivity index (χ1v) is 6.87. The average molecular weight is 299 g/mol. The van der Waals surface area contributed by atoms with Crippen LogP contribution in [0.2, 0.25) is 0 Å². The number of nitrogens with one attached hydrogen (secondary N) is 2. The fourth-order valence-electron chi connectivity index (χ4n) is 2.27. The van der Waals surface area contributed by atoms with Gasteiger partial charge in [-0.1, -0.05) is 17.7 Å². The van der Waals surface area contributed by atoms with Gasteiger partial charge in [0.1, 0.15) is 5.75 Å². The molecule has 20 heavy (non-hydrogen) atoms. The van der Waals surface area contributed by atoms with Crippen molar-refractivity contribution in [3.63, 3.8) is 0 Å². The van der Waals surface area contributed by atoms with Gasteiger partial charge in [-0.15, -0.1) is 12.4 Å². The first kappa shape index (κ1) is 16.8. The van der Waals surface area contributed by atoms with Crippen molar-refractivity contribution in [1.29, 1.82) is 0 Å². The topological polar surface area (TPSA) is 50.4 Å². The number of halogens is 1. The lowest BCUT2D eigenvalue weighted by Crippen LogP contribution is -2.52. The van der Waals surface area contributed by atoms with Crippen molar-refractivity contribution in [3.8, 4) is 5.75 Å². The maximum absolute atomic E-state index is 11.8. The molecular weight excluding hydrogens is 276 g/mol. The third-order valence-electron chi connectivity index (χ3n) is 3.50. The van der Waals surface area contributed by atoms with Crippen LogP contribution in [0.15, 0.2) is 24.3 Å². The minimum absolute atomic E-state index is 0. The number of carbonyl (C=O) groups is 1. The quantitative estimate of drug-likeness (QED) is 0.894. The Morgan fingerprint density at radius 2 is 2.10 bits per heavy atom. The monoisotopic (exact) mass is 298 g/mol. The Bertz CT molecular complexity index is 422. The number of hydrogen-bond donors (Lipinski definition) is 2. The molecule has 0 bridgehead atoms. The minimum atomic E-state index is -0.0545. The van der Waals surface area contributed by atoms with E-state index < -0.39 is 0 Å². The van der Waals surface area contributed by atoms with Gasteiger partial charge in [-0.3, -0.25) is 4.79 Å². The number of carbonyl (C=O) groups excluding carboxylic acids is 1. The second kappa shape index (κ2) is 8.12. The van der Waals surface area contributed by atoms with Crippen molar-refractivity contribution in [3.05, 3.63) is 29.8 Å². The summed E-state index contributed by atoms with van der Waals surface area (Å²) >= 11 is 0. The highest BCUT2D eigenvalue weighted by Gasteiger charge is 2.22. The molecule has 1 saturated heterocycles. The van der Waals surface area contributed by atoms with E-state index in [2.05, 4.69) is 17.6 Å². The Hall–Kier alpha value is -1.26. The summed E-state index contributed by atoms with van der Waals surface area (Å²) in [7, 11) is 0. The highest BCUT2D eigenvalue weighted by atomic mass is 35.5. The van der Waals surface area contributed by atoms with Gasteiger partial charge in [0.15, 0.2) is 6.61 Å². The number of piperidine rings is 1. The summed E-state index contributed by atoms with van der Waals surface area (Å²) in [6, 6.07) is 8.25. The van der Waals surface area contributed by atoms with Gasteiger partial charge in [0.05, 0.1) is 0 Å². The van der Waals surface area contributed by atoms with E-state index in [1.807, 2.05) is 31.2 Å². The van der Waals surface area contributed by atoms with Gasteiger partial charge in [-0.25, -0.2) is 0 Å². The van der Waals surface area contributed by atoms with Crippen LogP contribution in [0.25, 0.3) is 0 Å². The largest absolute Gasteiger partial charge is 0.484 e. The Morgan fingerprint density at radius 3 is 2.75 bits per heavy atom. The number of benzene rings is 1. The first-order valence-electron chi connectivity index (χ1n) is 6.87. The van der Waals surface area contributed by atoms with Gasteiger partial charge in [0, 0.05) is 12.1 Å². The molecule has 0 saturated carbocycles. The summed E-state index contributed by atoms with van der Waals surface area (Å²) in [4.78, 5) is 11.8. The second-order valence-electron chi connectivity index (χ2n) is 5.16. The summed E-state index contributed by atoms with van der Waals surface area (Å²) in [5, 5.41) is 6.39. The molecule has 4 nitrogen and oxygen atoms in total. The van der Waals surface area contributed by atoms with Crippen molar-refractivity contribution < 1.29 is 9.53 Å². The van der Waals surface area contributed by atoms with E-state index in [0.29, 0.717) is 6.04 Å². The Balaban J connectivity index is 0.00000200.